The van der Waals surface area contributed by atoms with Crippen LogP contribution in [-0.2, 0) is 0 Å². The van der Waals surface area contributed by atoms with Crippen molar-refractivity contribution in [2.75, 3.05) is 0 Å². The van der Waals surface area contributed by atoms with Gasteiger partial charge in [-0.15, -0.1) is 0 Å². The molecular formula is C14H10ClFO2. The van der Waals surface area contributed by atoms with E-state index in [1.54, 1.807) is 25.1 Å². The molecule has 0 fully saturated rings. The number of halogens is 2. The highest BCUT2D eigenvalue weighted by Gasteiger charge is 2.14. The van der Waals surface area contributed by atoms with Gasteiger partial charge < -0.3 is 5.11 Å². The minimum Gasteiger partial charge on any atom is -0.478 e. The molecule has 0 aliphatic carbocycles. The predicted molar refractivity (Wildman–Crippen MR) is 68.5 cm³/mol. The van der Waals surface area contributed by atoms with Gasteiger partial charge in [0.2, 0.25) is 0 Å². The summed E-state index contributed by atoms with van der Waals surface area (Å²) in [6.45, 7) is 1.80. The van der Waals surface area contributed by atoms with E-state index in [1.165, 1.54) is 18.2 Å². The van der Waals surface area contributed by atoms with Gasteiger partial charge in [0.25, 0.3) is 0 Å². The highest BCUT2D eigenvalue weighted by atomic mass is 35.5. The minimum atomic E-state index is -1.06. The summed E-state index contributed by atoms with van der Waals surface area (Å²) < 4.78 is 13.2. The Hall–Kier alpha value is -1.87. The van der Waals surface area contributed by atoms with Gasteiger partial charge in [-0.25, -0.2) is 9.18 Å². The van der Waals surface area contributed by atoms with Crippen LogP contribution in [0.5, 0.6) is 0 Å². The number of aromatic carboxylic acids is 1. The Labute approximate surface area is 109 Å². The Bertz CT molecular complexity index is 623. The Kier molecular flexibility index (Phi) is 3.34. The number of benzene rings is 2. The molecule has 0 unspecified atom stereocenters. The van der Waals surface area contributed by atoms with Crippen LogP contribution in [0.15, 0.2) is 36.4 Å². The molecule has 1 N–H and O–H groups in total. The molecule has 2 aromatic rings. The molecule has 2 nitrogen and oxygen atoms in total. The predicted octanol–water partition coefficient (Wildman–Crippen LogP) is 4.15. The van der Waals surface area contributed by atoms with E-state index < -0.39 is 11.8 Å². The first-order valence-corrected chi connectivity index (χ1v) is 5.66. The zero-order valence-corrected chi connectivity index (χ0v) is 10.3. The second-order valence-corrected chi connectivity index (χ2v) is 4.39. The fourth-order valence-electron chi connectivity index (χ4n) is 1.77. The van der Waals surface area contributed by atoms with E-state index in [2.05, 4.69) is 0 Å². The molecule has 18 heavy (non-hydrogen) atoms. The zero-order valence-electron chi connectivity index (χ0n) is 9.58. The molecule has 4 heteroatoms. The maximum atomic E-state index is 13.2. The normalized spacial score (nSPS) is 10.4. The molecule has 0 bridgehead atoms. The highest BCUT2D eigenvalue weighted by molar-refractivity contribution is 6.33. The Morgan fingerprint density at radius 1 is 1.17 bits per heavy atom. The lowest BCUT2D eigenvalue weighted by atomic mass is 9.97. The van der Waals surface area contributed by atoms with Crippen LogP contribution in [0.1, 0.15) is 15.9 Å². The van der Waals surface area contributed by atoms with Gasteiger partial charge in [0.1, 0.15) is 5.82 Å². The lowest BCUT2D eigenvalue weighted by Crippen LogP contribution is -2.00. The standard InChI is InChI=1S/C14H10ClFO2/c1-8-2-4-10(12(6-8)14(17)18)11-7-9(16)3-5-13(11)15/h2-7H,1H3,(H,17,18). The van der Waals surface area contributed by atoms with E-state index in [0.717, 1.165) is 5.56 Å². The van der Waals surface area contributed by atoms with Gasteiger partial charge in [0, 0.05) is 10.6 Å². The third-order valence-electron chi connectivity index (χ3n) is 2.62. The van der Waals surface area contributed by atoms with E-state index in [9.17, 15) is 14.3 Å². The van der Waals surface area contributed by atoms with E-state index in [1.807, 2.05) is 0 Å². The van der Waals surface area contributed by atoms with Crippen molar-refractivity contribution in [3.8, 4) is 11.1 Å². The number of carboxylic acid groups (broad SMARTS) is 1. The molecule has 92 valence electrons. The number of rotatable bonds is 2. The zero-order chi connectivity index (χ0) is 13.3. The van der Waals surface area contributed by atoms with Crippen LogP contribution in [0.4, 0.5) is 4.39 Å². The van der Waals surface area contributed by atoms with Gasteiger partial charge in [-0.1, -0.05) is 29.3 Å². The van der Waals surface area contributed by atoms with Crippen LogP contribution in [-0.4, -0.2) is 11.1 Å². The van der Waals surface area contributed by atoms with Gasteiger partial charge >= 0.3 is 5.97 Å². The Morgan fingerprint density at radius 3 is 2.56 bits per heavy atom. The SMILES string of the molecule is Cc1ccc(-c2cc(F)ccc2Cl)c(C(=O)O)c1. The van der Waals surface area contributed by atoms with Crippen LogP contribution in [0.3, 0.4) is 0 Å². The van der Waals surface area contributed by atoms with Gasteiger partial charge in [0.05, 0.1) is 5.56 Å². The third-order valence-corrected chi connectivity index (χ3v) is 2.95. The van der Waals surface area contributed by atoms with Gasteiger partial charge in [-0.3, -0.25) is 0 Å². The van der Waals surface area contributed by atoms with Crippen molar-refractivity contribution in [3.05, 3.63) is 58.4 Å². The molecule has 0 saturated heterocycles. The van der Waals surface area contributed by atoms with Crippen molar-refractivity contribution in [1.29, 1.82) is 0 Å². The fourth-order valence-corrected chi connectivity index (χ4v) is 1.99. The third kappa shape index (κ3) is 2.36. The summed E-state index contributed by atoms with van der Waals surface area (Å²) in [6, 6.07) is 8.83. The molecule has 0 radical (unpaired) electrons. The summed E-state index contributed by atoms with van der Waals surface area (Å²) in [5, 5.41) is 9.50. The molecule has 0 spiro atoms. The number of carbonyl (C=O) groups is 1. The summed E-state index contributed by atoms with van der Waals surface area (Å²) in [5.74, 6) is -1.51. The van der Waals surface area contributed by atoms with Crippen molar-refractivity contribution in [1.82, 2.24) is 0 Å². The van der Waals surface area contributed by atoms with E-state index >= 15 is 0 Å². The maximum absolute atomic E-state index is 13.2. The number of carboxylic acids is 1. The van der Waals surface area contributed by atoms with Crippen molar-refractivity contribution in [2.45, 2.75) is 6.92 Å². The lowest BCUT2D eigenvalue weighted by Gasteiger charge is -2.09. The molecule has 0 heterocycles. The highest BCUT2D eigenvalue weighted by Crippen LogP contribution is 2.31. The first-order chi connectivity index (χ1) is 8.49. The fraction of sp³-hybridized carbons (Fsp3) is 0.0714. The number of hydrogen-bond acceptors (Lipinski definition) is 1. The van der Waals surface area contributed by atoms with Crippen molar-refractivity contribution in [2.24, 2.45) is 0 Å². The Balaban J connectivity index is 2.70. The monoisotopic (exact) mass is 264 g/mol. The van der Waals surface area contributed by atoms with Crippen LogP contribution in [0.25, 0.3) is 11.1 Å². The second-order valence-electron chi connectivity index (χ2n) is 3.98. The van der Waals surface area contributed by atoms with Crippen molar-refractivity contribution in [3.63, 3.8) is 0 Å². The summed E-state index contributed by atoms with van der Waals surface area (Å²) in [6.07, 6.45) is 0. The molecule has 0 aliphatic heterocycles. The van der Waals surface area contributed by atoms with Crippen LogP contribution < -0.4 is 0 Å². The average Bonchev–Trinajstić information content (AvgIpc) is 2.32. The van der Waals surface area contributed by atoms with Crippen LogP contribution in [0.2, 0.25) is 5.02 Å². The van der Waals surface area contributed by atoms with E-state index in [-0.39, 0.29) is 5.56 Å². The molecule has 0 saturated carbocycles. The summed E-state index contributed by atoms with van der Waals surface area (Å²) in [4.78, 5) is 11.2. The largest absolute Gasteiger partial charge is 0.478 e. The smallest absolute Gasteiger partial charge is 0.336 e. The molecule has 2 rings (SSSR count). The van der Waals surface area contributed by atoms with Crippen LogP contribution >= 0.6 is 11.6 Å². The van der Waals surface area contributed by atoms with E-state index in [0.29, 0.717) is 16.1 Å². The molecule has 0 aliphatic rings. The van der Waals surface area contributed by atoms with Gasteiger partial charge in [-0.05, 0) is 36.8 Å². The Morgan fingerprint density at radius 2 is 1.89 bits per heavy atom. The van der Waals surface area contributed by atoms with Crippen molar-refractivity contribution < 1.29 is 14.3 Å². The molecular weight excluding hydrogens is 255 g/mol. The van der Waals surface area contributed by atoms with Crippen molar-refractivity contribution >= 4 is 17.6 Å². The maximum Gasteiger partial charge on any atom is 0.336 e. The number of aryl methyl sites for hydroxylation is 1. The summed E-state index contributed by atoms with van der Waals surface area (Å²) >= 11 is 5.99. The average molecular weight is 265 g/mol. The van der Waals surface area contributed by atoms with Gasteiger partial charge in [0.15, 0.2) is 0 Å². The number of hydrogen-bond donors (Lipinski definition) is 1. The molecule has 2 aromatic carbocycles. The van der Waals surface area contributed by atoms with Gasteiger partial charge in [-0.2, -0.15) is 0 Å². The first kappa shape index (κ1) is 12.6. The molecule has 0 atom stereocenters. The quantitative estimate of drug-likeness (QED) is 0.885. The molecule has 0 aromatic heterocycles. The summed E-state index contributed by atoms with van der Waals surface area (Å²) in [5.41, 5.74) is 1.73. The summed E-state index contributed by atoms with van der Waals surface area (Å²) in [7, 11) is 0. The topological polar surface area (TPSA) is 37.3 Å². The van der Waals surface area contributed by atoms with E-state index in [4.69, 9.17) is 11.6 Å². The lowest BCUT2D eigenvalue weighted by molar-refractivity contribution is 0.0697. The first-order valence-electron chi connectivity index (χ1n) is 5.28. The van der Waals surface area contributed by atoms with Crippen LogP contribution in [0, 0.1) is 12.7 Å². The second kappa shape index (κ2) is 4.78. The molecule has 0 amide bonds. The minimum absolute atomic E-state index is 0.113.